The van der Waals surface area contributed by atoms with Gasteiger partial charge in [0, 0.05) is 0 Å². The lowest BCUT2D eigenvalue weighted by molar-refractivity contribution is -0.143. The quantitative estimate of drug-likeness (QED) is 0.880. The molecule has 0 unspecified atom stereocenters. The van der Waals surface area contributed by atoms with Crippen molar-refractivity contribution in [2.75, 3.05) is 0 Å². The van der Waals surface area contributed by atoms with Gasteiger partial charge in [0.15, 0.2) is 5.82 Å². The molecular formula is C13H14ClN3O3. The van der Waals surface area contributed by atoms with Crippen LogP contribution < -0.4 is 5.32 Å². The molecule has 0 aliphatic rings. The fourth-order valence-corrected chi connectivity index (χ4v) is 1.66. The van der Waals surface area contributed by atoms with Gasteiger partial charge in [-0.2, -0.15) is 4.98 Å². The van der Waals surface area contributed by atoms with Crippen LogP contribution in [0, 0.1) is 0 Å². The number of benzene rings is 1. The molecule has 2 aromatic rings. The van der Waals surface area contributed by atoms with Crippen molar-refractivity contribution >= 4 is 17.6 Å². The molecule has 0 saturated heterocycles. The van der Waals surface area contributed by atoms with Crippen molar-refractivity contribution < 1.29 is 14.4 Å². The number of rotatable bonds is 5. The number of aromatic nitrogens is 2. The van der Waals surface area contributed by atoms with Crippen LogP contribution in [0.25, 0.3) is 11.5 Å². The summed E-state index contributed by atoms with van der Waals surface area (Å²) >= 11 is 6.04. The molecule has 0 atom stereocenters. The zero-order valence-electron chi connectivity index (χ0n) is 11.1. The molecule has 0 amide bonds. The molecule has 2 N–H and O–H groups in total. The molecule has 6 nitrogen and oxygen atoms in total. The Morgan fingerprint density at radius 2 is 2.15 bits per heavy atom. The van der Waals surface area contributed by atoms with E-state index in [1.54, 1.807) is 32.0 Å². The number of carboxylic acid groups (broad SMARTS) is 1. The van der Waals surface area contributed by atoms with Gasteiger partial charge in [-0.25, -0.2) is 0 Å². The van der Waals surface area contributed by atoms with E-state index in [4.69, 9.17) is 21.2 Å². The summed E-state index contributed by atoms with van der Waals surface area (Å²) in [6.07, 6.45) is 0. The van der Waals surface area contributed by atoms with Crippen LogP contribution in [0.3, 0.4) is 0 Å². The largest absolute Gasteiger partial charge is 0.480 e. The Bertz CT molecular complexity index is 625. The van der Waals surface area contributed by atoms with Gasteiger partial charge in [-0.1, -0.05) is 28.9 Å². The van der Waals surface area contributed by atoms with Gasteiger partial charge in [0.2, 0.25) is 0 Å². The lowest BCUT2D eigenvalue weighted by Crippen LogP contribution is -2.46. The molecule has 0 saturated carbocycles. The number of aliphatic carboxylic acids is 1. The summed E-state index contributed by atoms with van der Waals surface area (Å²) in [4.78, 5) is 15.2. The molecule has 1 aromatic heterocycles. The molecule has 2 rings (SSSR count). The Morgan fingerprint density at radius 3 is 2.80 bits per heavy atom. The molecule has 106 valence electrons. The minimum absolute atomic E-state index is 0.188. The van der Waals surface area contributed by atoms with Crippen LogP contribution in [0.2, 0.25) is 5.02 Å². The van der Waals surface area contributed by atoms with Gasteiger partial charge < -0.3 is 9.63 Å². The van der Waals surface area contributed by atoms with E-state index in [2.05, 4.69) is 15.5 Å². The van der Waals surface area contributed by atoms with E-state index in [1.165, 1.54) is 0 Å². The third-order valence-electron chi connectivity index (χ3n) is 2.80. The number of halogens is 1. The maximum Gasteiger partial charge on any atom is 0.323 e. The van der Waals surface area contributed by atoms with Gasteiger partial charge in [0.25, 0.3) is 5.89 Å². The standard InChI is InChI=1S/C13H14ClN3O3/c1-13(2,12(18)19)15-7-10-16-11(20-17-10)8-5-3-4-6-9(8)14/h3-6,15H,7H2,1-2H3,(H,18,19). The topological polar surface area (TPSA) is 88.3 Å². The minimum Gasteiger partial charge on any atom is -0.480 e. The van der Waals surface area contributed by atoms with E-state index in [9.17, 15) is 4.79 Å². The summed E-state index contributed by atoms with van der Waals surface area (Å²) in [6.45, 7) is 3.31. The van der Waals surface area contributed by atoms with Crippen LogP contribution in [-0.2, 0) is 11.3 Å². The zero-order chi connectivity index (χ0) is 14.8. The molecule has 0 aliphatic heterocycles. The maximum absolute atomic E-state index is 11.0. The number of hydrogen-bond acceptors (Lipinski definition) is 5. The monoisotopic (exact) mass is 295 g/mol. The molecule has 0 spiro atoms. The second-order valence-corrected chi connectivity index (χ2v) is 5.19. The summed E-state index contributed by atoms with van der Waals surface area (Å²) in [5.74, 6) is -0.276. The molecule has 0 bridgehead atoms. The van der Waals surface area contributed by atoms with Crippen LogP contribution in [0.15, 0.2) is 28.8 Å². The van der Waals surface area contributed by atoms with Crippen molar-refractivity contribution in [3.63, 3.8) is 0 Å². The Hall–Kier alpha value is -1.92. The highest BCUT2D eigenvalue weighted by Crippen LogP contribution is 2.25. The van der Waals surface area contributed by atoms with Crippen molar-refractivity contribution in [2.45, 2.75) is 25.9 Å². The summed E-state index contributed by atoms with van der Waals surface area (Å²) < 4.78 is 5.12. The molecule has 0 radical (unpaired) electrons. The van der Waals surface area contributed by atoms with Crippen LogP contribution in [0.1, 0.15) is 19.7 Å². The highest BCUT2D eigenvalue weighted by molar-refractivity contribution is 6.33. The zero-order valence-corrected chi connectivity index (χ0v) is 11.8. The van der Waals surface area contributed by atoms with Gasteiger partial charge in [0.05, 0.1) is 17.1 Å². The van der Waals surface area contributed by atoms with Crippen molar-refractivity contribution in [2.24, 2.45) is 0 Å². The number of nitrogens with zero attached hydrogens (tertiary/aromatic N) is 2. The lowest BCUT2D eigenvalue weighted by Gasteiger charge is -2.19. The number of hydrogen-bond donors (Lipinski definition) is 2. The average Bonchev–Trinajstić information content (AvgIpc) is 2.85. The van der Waals surface area contributed by atoms with Gasteiger partial charge in [-0.15, -0.1) is 0 Å². The van der Waals surface area contributed by atoms with Gasteiger partial charge in [-0.3, -0.25) is 10.1 Å². The summed E-state index contributed by atoms with van der Waals surface area (Å²) in [6, 6.07) is 7.12. The first-order valence-corrected chi connectivity index (χ1v) is 6.34. The fraction of sp³-hybridized carbons (Fsp3) is 0.308. The highest BCUT2D eigenvalue weighted by Gasteiger charge is 2.26. The minimum atomic E-state index is -1.06. The van der Waals surface area contributed by atoms with Crippen LogP contribution in [0.4, 0.5) is 0 Å². The molecular weight excluding hydrogens is 282 g/mol. The summed E-state index contributed by atoms with van der Waals surface area (Å²) in [5.41, 5.74) is -0.420. The molecule has 0 fully saturated rings. The van der Waals surface area contributed by atoms with Crippen molar-refractivity contribution in [1.82, 2.24) is 15.5 Å². The maximum atomic E-state index is 11.0. The van der Waals surface area contributed by atoms with E-state index >= 15 is 0 Å². The van der Waals surface area contributed by atoms with E-state index < -0.39 is 11.5 Å². The van der Waals surface area contributed by atoms with Crippen LogP contribution >= 0.6 is 11.6 Å². The Balaban J connectivity index is 2.11. The first kappa shape index (κ1) is 14.5. The molecule has 1 heterocycles. The number of carbonyl (C=O) groups is 1. The smallest absolute Gasteiger partial charge is 0.323 e. The van der Waals surface area contributed by atoms with E-state index in [1.807, 2.05) is 6.07 Å². The first-order valence-electron chi connectivity index (χ1n) is 5.96. The van der Waals surface area contributed by atoms with E-state index in [-0.39, 0.29) is 6.54 Å². The number of nitrogens with one attached hydrogen (secondary N) is 1. The predicted octanol–water partition coefficient (Wildman–Crippen LogP) is 2.34. The van der Waals surface area contributed by atoms with Crippen molar-refractivity contribution in [3.05, 3.63) is 35.1 Å². The third-order valence-corrected chi connectivity index (χ3v) is 3.13. The summed E-state index contributed by atoms with van der Waals surface area (Å²) in [5, 5.41) is 16.1. The molecule has 1 aromatic carbocycles. The van der Waals surface area contributed by atoms with Crippen LogP contribution in [0.5, 0.6) is 0 Å². The SMILES string of the molecule is CC(C)(NCc1noc(-c2ccccc2Cl)n1)C(=O)O. The first-order chi connectivity index (χ1) is 9.40. The number of carboxylic acids is 1. The average molecular weight is 296 g/mol. The Labute approximate surface area is 120 Å². The Kier molecular flexibility index (Phi) is 4.06. The van der Waals surface area contributed by atoms with Gasteiger partial charge >= 0.3 is 5.97 Å². The molecule has 0 aliphatic carbocycles. The van der Waals surface area contributed by atoms with E-state index in [0.717, 1.165) is 0 Å². The van der Waals surface area contributed by atoms with Gasteiger partial charge in [0.1, 0.15) is 5.54 Å². The second kappa shape index (κ2) is 5.60. The molecule has 20 heavy (non-hydrogen) atoms. The van der Waals surface area contributed by atoms with Crippen LogP contribution in [-0.4, -0.2) is 26.8 Å². The lowest BCUT2D eigenvalue weighted by atomic mass is 10.1. The molecule has 7 heteroatoms. The van der Waals surface area contributed by atoms with Crippen molar-refractivity contribution in [3.8, 4) is 11.5 Å². The van der Waals surface area contributed by atoms with Gasteiger partial charge in [-0.05, 0) is 26.0 Å². The predicted molar refractivity (Wildman–Crippen MR) is 73.3 cm³/mol. The van der Waals surface area contributed by atoms with E-state index in [0.29, 0.717) is 22.3 Å². The second-order valence-electron chi connectivity index (χ2n) is 4.78. The Morgan fingerprint density at radius 1 is 1.45 bits per heavy atom. The van der Waals surface area contributed by atoms with Crippen molar-refractivity contribution in [1.29, 1.82) is 0 Å². The fourth-order valence-electron chi connectivity index (χ4n) is 1.45. The summed E-state index contributed by atoms with van der Waals surface area (Å²) in [7, 11) is 0. The highest BCUT2D eigenvalue weighted by atomic mass is 35.5. The normalized spacial score (nSPS) is 11.6. The third kappa shape index (κ3) is 3.15.